The molecule has 0 radical (unpaired) electrons. The number of rotatable bonds is 5. The van der Waals surface area contributed by atoms with Crippen LogP contribution in [0, 0.1) is 0 Å². The third-order valence-electron chi connectivity index (χ3n) is 2.73. The summed E-state index contributed by atoms with van der Waals surface area (Å²) in [7, 11) is 0. The highest BCUT2D eigenvalue weighted by Gasteiger charge is 2.44. The molecule has 1 aliphatic rings. The van der Waals surface area contributed by atoms with E-state index in [2.05, 4.69) is 0 Å². The average Bonchev–Trinajstić information content (AvgIpc) is 2.92. The zero-order valence-corrected chi connectivity index (χ0v) is 12.2. The molecule has 2 heterocycles. The minimum absolute atomic E-state index is 0.166. The predicted molar refractivity (Wildman–Crippen MR) is 72.8 cm³/mol. The van der Waals surface area contributed by atoms with Crippen molar-refractivity contribution in [2.24, 2.45) is 0 Å². The highest BCUT2D eigenvalue weighted by Crippen LogP contribution is 2.22. The molecule has 20 heavy (non-hydrogen) atoms. The van der Waals surface area contributed by atoms with Gasteiger partial charge in [0.25, 0.3) is 0 Å². The first-order valence-corrected chi connectivity index (χ1v) is 7.11. The summed E-state index contributed by atoms with van der Waals surface area (Å²) >= 11 is 6.78. The van der Waals surface area contributed by atoms with Crippen LogP contribution in [0.1, 0.15) is 23.0 Å². The van der Waals surface area contributed by atoms with Gasteiger partial charge < -0.3 is 0 Å². The van der Waals surface area contributed by atoms with Crippen molar-refractivity contribution < 1.29 is 19.2 Å². The number of Topliss-reactive ketones (excluding diaryl/α,β-unsaturated/α-hetero) is 1. The lowest BCUT2D eigenvalue weighted by molar-refractivity contribution is -0.143. The van der Waals surface area contributed by atoms with Crippen LogP contribution in [0.4, 0.5) is 4.79 Å². The van der Waals surface area contributed by atoms with Crippen LogP contribution in [0.2, 0.25) is 4.34 Å². The highest BCUT2D eigenvalue weighted by atomic mass is 35.5. The smallest absolute Gasteiger partial charge is 0.291 e. The molecule has 0 spiro atoms. The lowest BCUT2D eigenvalue weighted by atomic mass is 10.3. The number of thiophene rings is 1. The Kier molecular flexibility index (Phi) is 4.20. The number of imide groups is 2. The Balaban J connectivity index is 2.13. The number of urea groups is 1. The van der Waals surface area contributed by atoms with E-state index in [0.717, 1.165) is 16.2 Å². The van der Waals surface area contributed by atoms with Gasteiger partial charge in [-0.3, -0.25) is 19.3 Å². The van der Waals surface area contributed by atoms with E-state index in [1.165, 1.54) is 6.07 Å². The van der Waals surface area contributed by atoms with E-state index >= 15 is 0 Å². The number of halogens is 1. The average molecular weight is 315 g/mol. The van der Waals surface area contributed by atoms with Crippen molar-refractivity contribution in [1.82, 2.24) is 9.80 Å². The van der Waals surface area contributed by atoms with E-state index in [9.17, 15) is 19.2 Å². The number of amides is 4. The molecule has 4 amide bonds. The topological polar surface area (TPSA) is 74.8 Å². The van der Waals surface area contributed by atoms with E-state index in [1.807, 2.05) is 0 Å². The van der Waals surface area contributed by atoms with Crippen molar-refractivity contribution in [2.75, 3.05) is 13.1 Å². The van der Waals surface area contributed by atoms with Gasteiger partial charge in [-0.2, -0.15) is 0 Å². The molecule has 0 bridgehead atoms. The maximum Gasteiger partial charge on any atom is 0.334 e. The lowest BCUT2D eigenvalue weighted by Gasteiger charge is -2.13. The Bertz CT molecular complexity index is 598. The zero-order valence-electron chi connectivity index (χ0n) is 10.6. The largest absolute Gasteiger partial charge is 0.334 e. The SMILES string of the molecule is CCCN1C(=O)C(=O)N(CC(=O)c2ccc(Cl)s2)C1=O. The van der Waals surface area contributed by atoms with Gasteiger partial charge in [-0.1, -0.05) is 18.5 Å². The minimum Gasteiger partial charge on any atom is -0.291 e. The van der Waals surface area contributed by atoms with E-state index in [0.29, 0.717) is 20.5 Å². The van der Waals surface area contributed by atoms with Gasteiger partial charge in [-0.15, -0.1) is 11.3 Å². The number of carbonyl (C=O) groups is 4. The first kappa shape index (κ1) is 14.7. The summed E-state index contributed by atoms with van der Waals surface area (Å²) in [6, 6.07) is 2.34. The molecule has 0 N–H and O–H groups in total. The van der Waals surface area contributed by atoms with Gasteiger partial charge in [0.05, 0.1) is 15.8 Å². The van der Waals surface area contributed by atoms with Gasteiger partial charge in [0.15, 0.2) is 5.78 Å². The normalized spacial score (nSPS) is 15.4. The Morgan fingerprint density at radius 2 is 1.85 bits per heavy atom. The number of hydrogen-bond acceptors (Lipinski definition) is 5. The van der Waals surface area contributed by atoms with Crippen molar-refractivity contribution in [3.05, 3.63) is 21.3 Å². The summed E-state index contributed by atoms with van der Waals surface area (Å²) < 4.78 is 0.441. The van der Waals surface area contributed by atoms with E-state index < -0.39 is 30.2 Å². The minimum atomic E-state index is -0.959. The molecule has 0 unspecified atom stereocenters. The van der Waals surface area contributed by atoms with Crippen LogP contribution in [-0.2, 0) is 9.59 Å². The van der Waals surface area contributed by atoms with Crippen LogP contribution in [0.25, 0.3) is 0 Å². The van der Waals surface area contributed by atoms with Crippen LogP contribution in [0.15, 0.2) is 12.1 Å². The fraction of sp³-hybridized carbons (Fsp3) is 0.333. The summed E-state index contributed by atoms with van der Waals surface area (Å²) in [6.07, 6.45) is 0.549. The van der Waals surface area contributed by atoms with Gasteiger partial charge in [0.1, 0.15) is 0 Å². The molecular formula is C12H11ClN2O4S. The summed E-state index contributed by atoms with van der Waals surface area (Å²) in [5, 5.41) is 0. The van der Waals surface area contributed by atoms with E-state index in [-0.39, 0.29) is 6.54 Å². The third-order valence-corrected chi connectivity index (χ3v) is 4.00. The molecule has 106 valence electrons. The predicted octanol–water partition coefficient (Wildman–Crippen LogP) is 1.78. The van der Waals surface area contributed by atoms with Gasteiger partial charge in [-0.25, -0.2) is 9.69 Å². The summed E-state index contributed by atoms with van der Waals surface area (Å²) in [5.41, 5.74) is 0. The monoisotopic (exact) mass is 314 g/mol. The number of carbonyl (C=O) groups excluding carboxylic acids is 4. The van der Waals surface area contributed by atoms with Gasteiger partial charge in [-0.05, 0) is 18.6 Å². The maximum atomic E-state index is 12.0. The van der Waals surface area contributed by atoms with E-state index in [1.54, 1.807) is 13.0 Å². The molecule has 0 aromatic carbocycles. The van der Waals surface area contributed by atoms with Crippen molar-refractivity contribution in [3.8, 4) is 0 Å². The molecule has 0 aliphatic carbocycles. The summed E-state index contributed by atoms with van der Waals surface area (Å²) in [5.74, 6) is -2.26. The molecule has 8 heteroatoms. The maximum absolute atomic E-state index is 12.0. The second kappa shape index (κ2) is 5.72. The van der Waals surface area contributed by atoms with Crippen molar-refractivity contribution >= 4 is 46.6 Å². The molecule has 1 saturated heterocycles. The zero-order chi connectivity index (χ0) is 14.9. The number of hydrogen-bond donors (Lipinski definition) is 0. The van der Waals surface area contributed by atoms with E-state index in [4.69, 9.17) is 11.6 Å². The Labute approximate surface area is 123 Å². The van der Waals surface area contributed by atoms with Crippen LogP contribution in [0.5, 0.6) is 0 Å². The van der Waals surface area contributed by atoms with Crippen molar-refractivity contribution in [2.45, 2.75) is 13.3 Å². The molecule has 1 aromatic rings. The van der Waals surface area contributed by atoms with Crippen molar-refractivity contribution in [1.29, 1.82) is 0 Å². The quantitative estimate of drug-likeness (QED) is 0.472. The fourth-order valence-corrected chi connectivity index (χ4v) is 2.77. The standard InChI is InChI=1S/C12H11ClN2O4S/c1-2-5-14-10(17)11(18)15(12(14)19)6-7(16)8-3-4-9(13)20-8/h3-4H,2,5-6H2,1H3. The second-order valence-electron chi connectivity index (χ2n) is 4.16. The van der Waals surface area contributed by atoms with Crippen LogP contribution in [0.3, 0.4) is 0 Å². The molecule has 0 saturated carbocycles. The Morgan fingerprint density at radius 1 is 1.20 bits per heavy atom. The molecule has 1 fully saturated rings. The van der Waals surface area contributed by atoms with Crippen LogP contribution in [-0.4, -0.2) is 46.5 Å². The lowest BCUT2D eigenvalue weighted by Crippen LogP contribution is -2.37. The van der Waals surface area contributed by atoms with Gasteiger partial charge in [0.2, 0.25) is 0 Å². The van der Waals surface area contributed by atoms with Crippen LogP contribution < -0.4 is 0 Å². The van der Waals surface area contributed by atoms with Gasteiger partial charge in [0, 0.05) is 6.54 Å². The first-order valence-electron chi connectivity index (χ1n) is 5.91. The molecular weight excluding hydrogens is 304 g/mol. The number of nitrogens with zero attached hydrogens (tertiary/aromatic N) is 2. The fourth-order valence-electron chi connectivity index (χ4n) is 1.80. The number of ketones is 1. The molecule has 1 aromatic heterocycles. The Morgan fingerprint density at radius 3 is 2.40 bits per heavy atom. The Hall–Kier alpha value is -1.73. The molecule has 0 atom stereocenters. The molecule has 1 aliphatic heterocycles. The molecule has 2 rings (SSSR count). The summed E-state index contributed by atoms with van der Waals surface area (Å²) in [4.78, 5) is 49.1. The second-order valence-corrected chi connectivity index (χ2v) is 5.87. The highest BCUT2D eigenvalue weighted by molar-refractivity contribution is 7.18. The first-order chi connectivity index (χ1) is 9.45. The molecule has 6 nitrogen and oxygen atoms in total. The van der Waals surface area contributed by atoms with Crippen LogP contribution >= 0.6 is 22.9 Å². The third kappa shape index (κ3) is 2.59. The summed E-state index contributed by atoms with van der Waals surface area (Å²) in [6.45, 7) is 1.51. The van der Waals surface area contributed by atoms with Gasteiger partial charge >= 0.3 is 17.8 Å². The van der Waals surface area contributed by atoms with Crippen molar-refractivity contribution in [3.63, 3.8) is 0 Å².